The summed E-state index contributed by atoms with van der Waals surface area (Å²) in [5.41, 5.74) is 0.858. The first-order chi connectivity index (χ1) is 11.8. The van der Waals surface area contributed by atoms with Gasteiger partial charge in [0.05, 0.1) is 0 Å². The Morgan fingerprint density at radius 1 is 1.29 bits per heavy atom. The van der Waals surface area contributed by atoms with Crippen LogP contribution in [0, 0.1) is 5.92 Å². The number of hydrogen-bond acceptors (Lipinski definition) is 4. The van der Waals surface area contributed by atoms with Crippen LogP contribution in [0.1, 0.15) is 29.6 Å². The summed E-state index contributed by atoms with van der Waals surface area (Å²) in [5, 5.41) is 4.24. The number of aryl methyl sites for hydroxylation is 1. The van der Waals surface area contributed by atoms with Gasteiger partial charge >= 0.3 is 0 Å². The summed E-state index contributed by atoms with van der Waals surface area (Å²) >= 11 is 1.71. The van der Waals surface area contributed by atoms with Crippen LogP contribution in [0.25, 0.3) is 0 Å². The van der Waals surface area contributed by atoms with E-state index in [9.17, 15) is 4.79 Å². The molecule has 5 heteroatoms. The van der Waals surface area contributed by atoms with Gasteiger partial charge in [-0.25, -0.2) is 0 Å². The SMILES string of the molecule is CSc1ccc(C(=O)[C@@H]2CCCN(CCCn3cccn3)C2)cc1. The van der Waals surface area contributed by atoms with Crippen LogP contribution in [0.4, 0.5) is 0 Å². The lowest BCUT2D eigenvalue weighted by atomic mass is 9.90. The highest BCUT2D eigenvalue weighted by Crippen LogP contribution is 2.23. The fourth-order valence-corrected chi connectivity index (χ4v) is 3.76. The topological polar surface area (TPSA) is 38.1 Å². The van der Waals surface area contributed by atoms with E-state index in [1.54, 1.807) is 11.8 Å². The van der Waals surface area contributed by atoms with Gasteiger partial charge in [0, 0.05) is 41.9 Å². The molecule has 1 aromatic carbocycles. The molecule has 0 spiro atoms. The average molecular weight is 343 g/mol. The third kappa shape index (κ3) is 4.48. The van der Waals surface area contributed by atoms with Gasteiger partial charge in [-0.1, -0.05) is 12.1 Å². The number of piperidine rings is 1. The number of carbonyl (C=O) groups is 1. The highest BCUT2D eigenvalue weighted by atomic mass is 32.2. The minimum Gasteiger partial charge on any atom is -0.303 e. The maximum Gasteiger partial charge on any atom is 0.167 e. The van der Waals surface area contributed by atoms with E-state index in [2.05, 4.69) is 16.3 Å². The third-order valence-corrected chi connectivity index (χ3v) is 5.42. The van der Waals surface area contributed by atoms with Crippen LogP contribution >= 0.6 is 11.8 Å². The molecule has 0 unspecified atom stereocenters. The largest absolute Gasteiger partial charge is 0.303 e. The van der Waals surface area contributed by atoms with Crippen LogP contribution in [0.3, 0.4) is 0 Å². The number of nitrogens with zero attached hydrogens (tertiary/aromatic N) is 3. The van der Waals surface area contributed by atoms with E-state index in [0.29, 0.717) is 5.78 Å². The number of likely N-dealkylation sites (tertiary alicyclic amines) is 1. The molecule has 2 aromatic rings. The van der Waals surface area contributed by atoms with Crippen molar-refractivity contribution in [2.75, 3.05) is 25.9 Å². The first-order valence-electron chi connectivity index (χ1n) is 8.64. The van der Waals surface area contributed by atoms with Gasteiger partial charge in [-0.15, -0.1) is 11.8 Å². The predicted molar refractivity (Wildman–Crippen MR) is 98.6 cm³/mol. The second-order valence-electron chi connectivity index (χ2n) is 6.36. The van der Waals surface area contributed by atoms with Gasteiger partial charge in [0.15, 0.2) is 5.78 Å². The third-order valence-electron chi connectivity index (χ3n) is 4.67. The maximum absolute atomic E-state index is 12.8. The standard InChI is InChI=1S/C19H25N3OS/c1-24-18-8-6-16(7-9-18)19(23)17-5-2-11-21(15-17)12-4-14-22-13-3-10-20-22/h3,6-10,13,17H,2,4-5,11-12,14-15H2,1H3/t17-/m1/s1. The Kier molecular flexibility index (Phi) is 6.10. The molecule has 1 aliphatic rings. The molecular formula is C19H25N3OS. The van der Waals surface area contributed by atoms with Crippen LogP contribution < -0.4 is 0 Å². The summed E-state index contributed by atoms with van der Waals surface area (Å²) in [4.78, 5) is 16.4. The molecule has 0 saturated carbocycles. The summed E-state index contributed by atoms with van der Waals surface area (Å²) in [6.45, 7) is 3.98. The molecule has 1 saturated heterocycles. The zero-order valence-electron chi connectivity index (χ0n) is 14.2. The molecule has 128 valence electrons. The van der Waals surface area contributed by atoms with Crippen LogP contribution in [0.15, 0.2) is 47.6 Å². The van der Waals surface area contributed by atoms with Gasteiger partial charge in [-0.2, -0.15) is 5.10 Å². The lowest BCUT2D eigenvalue weighted by molar-refractivity contribution is 0.0817. The fraction of sp³-hybridized carbons (Fsp3) is 0.474. The number of benzene rings is 1. The average Bonchev–Trinajstić information content (AvgIpc) is 3.15. The maximum atomic E-state index is 12.8. The minimum absolute atomic E-state index is 0.142. The van der Waals surface area contributed by atoms with Gasteiger partial charge in [0.1, 0.15) is 0 Å². The van der Waals surface area contributed by atoms with Crippen molar-refractivity contribution in [2.24, 2.45) is 5.92 Å². The second kappa shape index (κ2) is 8.49. The van der Waals surface area contributed by atoms with Crippen LogP contribution in [0.2, 0.25) is 0 Å². The number of carbonyl (C=O) groups excluding carboxylic acids is 1. The van der Waals surface area contributed by atoms with Crippen molar-refractivity contribution in [2.45, 2.75) is 30.7 Å². The van der Waals surface area contributed by atoms with E-state index in [1.807, 2.05) is 47.4 Å². The lowest BCUT2D eigenvalue weighted by Gasteiger charge is -2.32. The van der Waals surface area contributed by atoms with Gasteiger partial charge in [0.2, 0.25) is 0 Å². The first kappa shape index (κ1) is 17.2. The smallest absolute Gasteiger partial charge is 0.167 e. The van der Waals surface area contributed by atoms with Crippen LogP contribution in [-0.2, 0) is 6.54 Å². The molecular weight excluding hydrogens is 318 g/mol. The Bertz CT molecular complexity index is 639. The monoisotopic (exact) mass is 343 g/mol. The van der Waals surface area contributed by atoms with Crippen molar-refractivity contribution in [3.8, 4) is 0 Å². The van der Waals surface area contributed by atoms with Gasteiger partial charge in [0.25, 0.3) is 0 Å². The molecule has 1 aliphatic heterocycles. The Balaban J connectivity index is 1.51. The molecule has 1 aromatic heterocycles. The molecule has 0 aliphatic carbocycles. The number of hydrogen-bond donors (Lipinski definition) is 0. The Hall–Kier alpha value is -1.59. The van der Waals surface area contributed by atoms with Gasteiger partial charge < -0.3 is 4.90 Å². The second-order valence-corrected chi connectivity index (χ2v) is 7.23. The number of aromatic nitrogens is 2. The first-order valence-corrected chi connectivity index (χ1v) is 9.87. The summed E-state index contributed by atoms with van der Waals surface area (Å²) in [6.07, 6.45) is 9.07. The Morgan fingerprint density at radius 2 is 2.12 bits per heavy atom. The van der Waals surface area contributed by atoms with Crippen molar-refractivity contribution >= 4 is 17.5 Å². The molecule has 0 N–H and O–H groups in total. The van der Waals surface area contributed by atoms with Crippen LogP contribution in [-0.4, -0.2) is 46.4 Å². The molecule has 1 fully saturated rings. The van der Waals surface area contributed by atoms with E-state index in [1.165, 1.54) is 4.90 Å². The highest BCUT2D eigenvalue weighted by Gasteiger charge is 2.26. The Morgan fingerprint density at radius 3 is 2.83 bits per heavy atom. The normalized spacial score (nSPS) is 18.6. The van der Waals surface area contributed by atoms with E-state index in [0.717, 1.165) is 51.0 Å². The van der Waals surface area contributed by atoms with Crippen molar-refractivity contribution < 1.29 is 4.79 Å². The lowest BCUT2D eigenvalue weighted by Crippen LogP contribution is -2.39. The molecule has 1 atom stereocenters. The minimum atomic E-state index is 0.142. The predicted octanol–water partition coefficient (Wildman–Crippen LogP) is 3.59. The summed E-state index contributed by atoms with van der Waals surface area (Å²) in [6, 6.07) is 10.00. The summed E-state index contributed by atoms with van der Waals surface area (Å²) in [5.74, 6) is 0.447. The van der Waals surface area contributed by atoms with Crippen molar-refractivity contribution in [3.05, 3.63) is 48.3 Å². The highest BCUT2D eigenvalue weighted by molar-refractivity contribution is 7.98. The van der Waals surface area contributed by atoms with E-state index in [-0.39, 0.29) is 5.92 Å². The molecule has 0 radical (unpaired) electrons. The summed E-state index contributed by atoms with van der Waals surface area (Å²) in [7, 11) is 0. The van der Waals surface area contributed by atoms with E-state index in [4.69, 9.17) is 0 Å². The molecule has 24 heavy (non-hydrogen) atoms. The number of rotatable bonds is 7. The number of ketones is 1. The molecule has 0 amide bonds. The van der Waals surface area contributed by atoms with Gasteiger partial charge in [-0.3, -0.25) is 9.48 Å². The van der Waals surface area contributed by atoms with Crippen molar-refractivity contribution in [1.82, 2.24) is 14.7 Å². The molecule has 0 bridgehead atoms. The van der Waals surface area contributed by atoms with Crippen molar-refractivity contribution in [1.29, 1.82) is 0 Å². The summed E-state index contributed by atoms with van der Waals surface area (Å²) < 4.78 is 1.97. The Labute approximate surface area is 148 Å². The number of thioether (sulfide) groups is 1. The fourth-order valence-electron chi connectivity index (χ4n) is 3.35. The molecule has 2 heterocycles. The van der Waals surface area contributed by atoms with Crippen LogP contribution in [0.5, 0.6) is 0 Å². The zero-order valence-corrected chi connectivity index (χ0v) is 15.0. The van der Waals surface area contributed by atoms with Gasteiger partial charge in [-0.05, 0) is 56.8 Å². The molecule has 3 rings (SSSR count). The quantitative estimate of drug-likeness (QED) is 0.569. The van der Waals surface area contributed by atoms with E-state index < -0.39 is 0 Å². The van der Waals surface area contributed by atoms with Crippen molar-refractivity contribution in [3.63, 3.8) is 0 Å². The van der Waals surface area contributed by atoms with E-state index >= 15 is 0 Å². The zero-order chi connectivity index (χ0) is 16.8. The molecule has 4 nitrogen and oxygen atoms in total. The number of Topliss-reactive ketones (excluding diaryl/α,β-unsaturated/α-hetero) is 1.